The fourth-order valence-corrected chi connectivity index (χ4v) is 1.29. The zero-order chi connectivity index (χ0) is 5.61. The van der Waals surface area contributed by atoms with Crippen molar-refractivity contribution in [2.75, 3.05) is 13.1 Å². The third-order valence-corrected chi connectivity index (χ3v) is 2.20. The molecule has 1 aliphatic carbocycles. The lowest BCUT2D eigenvalue weighted by atomic mass is 9.92. The molecule has 46 valence electrons. The molecule has 0 amide bonds. The van der Waals surface area contributed by atoms with E-state index in [1.54, 1.807) is 0 Å². The Hall–Kier alpha value is -0.0800. The van der Waals surface area contributed by atoms with Gasteiger partial charge in [0.15, 0.2) is 0 Å². The first-order chi connectivity index (χ1) is 3.81. The fourth-order valence-electron chi connectivity index (χ4n) is 1.29. The molecule has 0 radical (unpaired) electrons. The van der Waals surface area contributed by atoms with Crippen molar-refractivity contribution < 1.29 is 5.11 Å². The van der Waals surface area contributed by atoms with Gasteiger partial charge < -0.3 is 10.4 Å². The number of hydrogen-bond acceptors (Lipinski definition) is 2. The molecule has 0 unspecified atom stereocenters. The summed E-state index contributed by atoms with van der Waals surface area (Å²) < 4.78 is 0. The van der Waals surface area contributed by atoms with Crippen LogP contribution in [0.25, 0.3) is 0 Å². The number of rotatable bonds is 1. The Kier molecular flexibility index (Phi) is 0.746. The Morgan fingerprint density at radius 3 is 2.12 bits per heavy atom. The maximum Gasteiger partial charge on any atom is 0.0923 e. The molecule has 2 heteroatoms. The summed E-state index contributed by atoms with van der Waals surface area (Å²) in [6, 6.07) is 0. The van der Waals surface area contributed by atoms with E-state index < -0.39 is 0 Å². The van der Waals surface area contributed by atoms with Crippen LogP contribution in [0.3, 0.4) is 0 Å². The lowest BCUT2D eigenvalue weighted by Gasteiger charge is -2.37. The lowest BCUT2D eigenvalue weighted by molar-refractivity contribution is -0.0299. The summed E-state index contributed by atoms with van der Waals surface area (Å²) in [5.74, 6) is 0.642. The fraction of sp³-hybridized carbons (Fsp3) is 1.00. The van der Waals surface area contributed by atoms with Crippen LogP contribution in [0.4, 0.5) is 0 Å². The first kappa shape index (κ1) is 4.77. The van der Waals surface area contributed by atoms with Crippen molar-refractivity contribution in [2.45, 2.75) is 18.4 Å². The van der Waals surface area contributed by atoms with E-state index in [1.807, 2.05) is 0 Å². The van der Waals surface area contributed by atoms with E-state index in [-0.39, 0.29) is 5.60 Å². The highest BCUT2D eigenvalue weighted by Crippen LogP contribution is 2.41. The highest BCUT2D eigenvalue weighted by Gasteiger charge is 2.47. The van der Waals surface area contributed by atoms with E-state index in [9.17, 15) is 5.11 Å². The Labute approximate surface area is 48.9 Å². The van der Waals surface area contributed by atoms with Crippen LogP contribution in [0.2, 0.25) is 0 Å². The van der Waals surface area contributed by atoms with Gasteiger partial charge in [-0.3, -0.25) is 0 Å². The molecule has 2 aliphatic rings. The summed E-state index contributed by atoms with van der Waals surface area (Å²) >= 11 is 0. The SMILES string of the molecule is OC1(C2CC2)CNC1. The maximum absolute atomic E-state index is 9.49. The summed E-state index contributed by atoms with van der Waals surface area (Å²) in [6.45, 7) is 1.66. The smallest absolute Gasteiger partial charge is 0.0923 e. The van der Waals surface area contributed by atoms with Crippen LogP contribution in [0.15, 0.2) is 0 Å². The van der Waals surface area contributed by atoms with Crippen molar-refractivity contribution in [3.05, 3.63) is 0 Å². The van der Waals surface area contributed by atoms with Crippen LogP contribution >= 0.6 is 0 Å². The molecule has 1 aliphatic heterocycles. The second kappa shape index (κ2) is 1.25. The lowest BCUT2D eigenvalue weighted by Crippen LogP contribution is -2.60. The van der Waals surface area contributed by atoms with Crippen LogP contribution in [-0.4, -0.2) is 23.8 Å². The molecule has 1 heterocycles. The number of β-amino-alcohol motifs (C(OH)–C–C–N with tert-alkyl or cyclic N) is 1. The van der Waals surface area contributed by atoms with E-state index in [4.69, 9.17) is 0 Å². The van der Waals surface area contributed by atoms with Crippen molar-refractivity contribution in [3.8, 4) is 0 Å². The average Bonchev–Trinajstić information content (AvgIpc) is 2.38. The standard InChI is InChI=1S/C6H11NO/c8-6(3-7-4-6)5-1-2-5/h5,7-8H,1-4H2. The van der Waals surface area contributed by atoms with Crippen molar-refractivity contribution >= 4 is 0 Å². The molecule has 0 bridgehead atoms. The third kappa shape index (κ3) is 0.501. The molecule has 0 atom stereocenters. The van der Waals surface area contributed by atoms with Gasteiger partial charge in [0.2, 0.25) is 0 Å². The van der Waals surface area contributed by atoms with Gasteiger partial charge in [0.05, 0.1) is 5.60 Å². The summed E-state index contributed by atoms with van der Waals surface area (Å²) in [5.41, 5.74) is -0.278. The summed E-state index contributed by atoms with van der Waals surface area (Å²) in [6.07, 6.45) is 2.50. The van der Waals surface area contributed by atoms with Crippen LogP contribution in [-0.2, 0) is 0 Å². The predicted octanol–water partition coefficient (Wildman–Crippen LogP) is -0.269. The Balaban J connectivity index is 1.99. The van der Waals surface area contributed by atoms with Gasteiger partial charge in [0.25, 0.3) is 0 Å². The van der Waals surface area contributed by atoms with Gasteiger partial charge in [-0.15, -0.1) is 0 Å². The molecule has 2 nitrogen and oxygen atoms in total. The zero-order valence-electron chi connectivity index (χ0n) is 4.85. The Morgan fingerprint density at radius 1 is 1.38 bits per heavy atom. The second-order valence-electron chi connectivity index (χ2n) is 2.98. The first-order valence-corrected chi connectivity index (χ1v) is 3.24. The van der Waals surface area contributed by atoms with E-state index >= 15 is 0 Å². The minimum Gasteiger partial charge on any atom is -0.387 e. The van der Waals surface area contributed by atoms with Gasteiger partial charge in [-0.2, -0.15) is 0 Å². The van der Waals surface area contributed by atoms with Gasteiger partial charge in [-0.25, -0.2) is 0 Å². The summed E-state index contributed by atoms with van der Waals surface area (Å²) in [5, 5.41) is 12.6. The van der Waals surface area contributed by atoms with Crippen molar-refractivity contribution in [3.63, 3.8) is 0 Å². The molecule has 0 aromatic rings. The van der Waals surface area contributed by atoms with E-state index in [0.29, 0.717) is 5.92 Å². The first-order valence-electron chi connectivity index (χ1n) is 3.24. The van der Waals surface area contributed by atoms with Crippen molar-refractivity contribution in [1.82, 2.24) is 5.32 Å². The minimum atomic E-state index is -0.278. The van der Waals surface area contributed by atoms with E-state index in [2.05, 4.69) is 5.32 Å². The van der Waals surface area contributed by atoms with Gasteiger partial charge in [0.1, 0.15) is 0 Å². The van der Waals surface area contributed by atoms with Gasteiger partial charge >= 0.3 is 0 Å². The minimum absolute atomic E-state index is 0.278. The van der Waals surface area contributed by atoms with Crippen molar-refractivity contribution in [1.29, 1.82) is 0 Å². The normalized spacial score (nSPS) is 34.1. The zero-order valence-corrected chi connectivity index (χ0v) is 4.85. The summed E-state index contributed by atoms with van der Waals surface area (Å²) in [7, 11) is 0. The monoisotopic (exact) mass is 113 g/mol. The van der Waals surface area contributed by atoms with Gasteiger partial charge in [-0.05, 0) is 18.8 Å². The number of aliphatic hydroxyl groups is 1. The predicted molar refractivity (Wildman–Crippen MR) is 30.5 cm³/mol. The Morgan fingerprint density at radius 2 is 2.00 bits per heavy atom. The highest BCUT2D eigenvalue weighted by molar-refractivity contribution is 5.03. The molecular weight excluding hydrogens is 102 g/mol. The molecule has 8 heavy (non-hydrogen) atoms. The molecule has 1 saturated carbocycles. The van der Waals surface area contributed by atoms with E-state index in [0.717, 1.165) is 13.1 Å². The second-order valence-corrected chi connectivity index (χ2v) is 2.98. The molecule has 0 spiro atoms. The molecule has 0 aromatic carbocycles. The summed E-state index contributed by atoms with van der Waals surface area (Å²) in [4.78, 5) is 0. The highest BCUT2D eigenvalue weighted by atomic mass is 16.3. The van der Waals surface area contributed by atoms with Crippen LogP contribution in [0.5, 0.6) is 0 Å². The van der Waals surface area contributed by atoms with Crippen LogP contribution in [0, 0.1) is 5.92 Å². The average molecular weight is 113 g/mol. The van der Waals surface area contributed by atoms with Crippen LogP contribution < -0.4 is 5.32 Å². The third-order valence-electron chi connectivity index (χ3n) is 2.20. The molecule has 0 aromatic heterocycles. The molecule has 2 N–H and O–H groups in total. The quantitative estimate of drug-likeness (QED) is 0.490. The molecule has 2 fully saturated rings. The van der Waals surface area contributed by atoms with Crippen LogP contribution in [0.1, 0.15) is 12.8 Å². The van der Waals surface area contributed by atoms with Crippen molar-refractivity contribution in [2.24, 2.45) is 5.92 Å². The Bertz CT molecular complexity index is 105. The molecular formula is C6H11NO. The van der Waals surface area contributed by atoms with Gasteiger partial charge in [0, 0.05) is 13.1 Å². The van der Waals surface area contributed by atoms with Gasteiger partial charge in [-0.1, -0.05) is 0 Å². The largest absolute Gasteiger partial charge is 0.387 e. The molecule has 1 saturated heterocycles. The number of nitrogens with one attached hydrogen (secondary N) is 1. The maximum atomic E-state index is 9.49. The topological polar surface area (TPSA) is 32.3 Å². The number of hydrogen-bond donors (Lipinski definition) is 2. The van der Waals surface area contributed by atoms with E-state index in [1.165, 1.54) is 12.8 Å². The molecule has 2 rings (SSSR count).